The standard InChI is InChI=1S/C19H24N4O/c24-19(15-5-2-1-3-6-15)21-18-9-12-20-23(18)17-10-13-22(14-11-17)16-7-4-8-16/h1-3,5-6,9,12,16-17H,4,7-8,10-11,13-14H2,(H,21,24). The first-order chi connectivity index (χ1) is 11.8. The van der Waals surface area contributed by atoms with Gasteiger partial charge in [0, 0.05) is 30.8 Å². The van der Waals surface area contributed by atoms with Crippen LogP contribution < -0.4 is 5.32 Å². The zero-order chi connectivity index (χ0) is 16.4. The second kappa shape index (κ2) is 6.77. The molecule has 5 nitrogen and oxygen atoms in total. The van der Waals surface area contributed by atoms with Gasteiger partial charge in [-0.25, -0.2) is 4.68 Å². The van der Waals surface area contributed by atoms with E-state index in [1.807, 2.05) is 41.1 Å². The molecule has 1 aliphatic carbocycles. The smallest absolute Gasteiger partial charge is 0.256 e. The van der Waals surface area contributed by atoms with E-state index in [0.29, 0.717) is 11.6 Å². The van der Waals surface area contributed by atoms with Crippen LogP contribution in [-0.2, 0) is 0 Å². The zero-order valence-electron chi connectivity index (χ0n) is 13.9. The average molecular weight is 324 g/mol. The summed E-state index contributed by atoms with van der Waals surface area (Å²) in [5.74, 6) is 0.718. The highest BCUT2D eigenvalue weighted by Gasteiger charge is 2.30. The van der Waals surface area contributed by atoms with Crippen molar-refractivity contribution in [2.75, 3.05) is 18.4 Å². The molecule has 4 rings (SSSR count). The Morgan fingerprint density at radius 3 is 2.42 bits per heavy atom. The maximum atomic E-state index is 12.4. The maximum absolute atomic E-state index is 12.4. The Balaban J connectivity index is 1.40. The molecule has 1 amide bonds. The van der Waals surface area contributed by atoms with Gasteiger partial charge < -0.3 is 10.2 Å². The molecule has 0 radical (unpaired) electrons. The van der Waals surface area contributed by atoms with E-state index in [-0.39, 0.29) is 5.91 Å². The molecular formula is C19H24N4O. The fraction of sp³-hybridized carbons (Fsp3) is 0.474. The van der Waals surface area contributed by atoms with Gasteiger partial charge in [0.1, 0.15) is 5.82 Å². The zero-order valence-corrected chi connectivity index (χ0v) is 13.9. The number of amides is 1. The van der Waals surface area contributed by atoms with Crippen LogP contribution in [0.2, 0.25) is 0 Å². The minimum absolute atomic E-state index is 0.0794. The maximum Gasteiger partial charge on any atom is 0.256 e. The van der Waals surface area contributed by atoms with E-state index in [2.05, 4.69) is 15.3 Å². The summed E-state index contributed by atoms with van der Waals surface area (Å²) in [5, 5.41) is 7.48. The predicted octanol–water partition coefficient (Wildman–Crippen LogP) is 3.32. The molecule has 2 fully saturated rings. The van der Waals surface area contributed by atoms with Gasteiger partial charge in [-0.3, -0.25) is 4.79 Å². The first kappa shape index (κ1) is 15.4. The highest BCUT2D eigenvalue weighted by molar-refractivity contribution is 6.03. The molecule has 0 unspecified atom stereocenters. The van der Waals surface area contributed by atoms with Crippen molar-refractivity contribution >= 4 is 11.7 Å². The average Bonchev–Trinajstić information content (AvgIpc) is 3.03. The molecule has 126 valence electrons. The summed E-state index contributed by atoms with van der Waals surface area (Å²) >= 11 is 0. The van der Waals surface area contributed by atoms with E-state index >= 15 is 0 Å². The summed E-state index contributed by atoms with van der Waals surface area (Å²) in [6.45, 7) is 2.28. The SMILES string of the molecule is O=C(Nc1ccnn1C1CCN(C2CCC2)CC1)c1ccccc1. The molecule has 1 saturated carbocycles. The van der Waals surface area contributed by atoms with Crippen molar-refractivity contribution in [2.45, 2.75) is 44.2 Å². The third-order valence-electron chi connectivity index (χ3n) is 5.38. The Kier molecular flexibility index (Phi) is 4.34. The third kappa shape index (κ3) is 3.08. The number of benzene rings is 1. The lowest BCUT2D eigenvalue weighted by Crippen LogP contribution is -2.45. The number of hydrogen-bond donors (Lipinski definition) is 1. The minimum Gasteiger partial charge on any atom is -0.307 e. The van der Waals surface area contributed by atoms with Crippen LogP contribution in [-0.4, -0.2) is 39.7 Å². The summed E-state index contributed by atoms with van der Waals surface area (Å²) in [7, 11) is 0. The molecule has 2 aliphatic rings. The number of carbonyl (C=O) groups is 1. The Labute approximate surface area is 142 Å². The second-order valence-corrected chi connectivity index (χ2v) is 6.83. The van der Waals surface area contributed by atoms with Crippen LogP contribution in [0.15, 0.2) is 42.6 Å². The van der Waals surface area contributed by atoms with Crippen molar-refractivity contribution in [2.24, 2.45) is 0 Å². The molecular weight excluding hydrogens is 300 g/mol. The van der Waals surface area contributed by atoms with E-state index < -0.39 is 0 Å². The number of anilines is 1. The van der Waals surface area contributed by atoms with Crippen LogP contribution in [0.1, 0.15) is 48.5 Å². The number of likely N-dealkylation sites (tertiary alicyclic amines) is 1. The van der Waals surface area contributed by atoms with Crippen LogP contribution >= 0.6 is 0 Å². The molecule has 1 aromatic carbocycles. The van der Waals surface area contributed by atoms with Gasteiger partial charge in [-0.1, -0.05) is 24.6 Å². The number of rotatable bonds is 4. The minimum atomic E-state index is -0.0794. The van der Waals surface area contributed by atoms with Crippen LogP contribution in [0.4, 0.5) is 5.82 Å². The molecule has 0 spiro atoms. The second-order valence-electron chi connectivity index (χ2n) is 6.83. The van der Waals surface area contributed by atoms with Crippen molar-refractivity contribution < 1.29 is 4.79 Å². The first-order valence-electron chi connectivity index (χ1n) is 8.95. The van der Waals surface area contributed by atoms with Crippen LogP contribution in [0, 0.1) is 0 Å². The summed E-state index contributed by atoms with van der Waals surface area (Å²) in [4.78, 5) is 15.0. The van der Waals surface area contributed by atoms with Gasteiger partial charge >= 0.3 is 0 Å². The number of nitrogens with zero attached hydrogens (tertiary/aromatic N) is 3. The molecule has 1 aliphatic heterocycles. The molecule has 5 heteroatoms. The molecule has 2 heterocycles. The van der Waals surface area contributed by atoms with Gasteiger partial charge in [0.2, 0.25) is 0 Å². The van der Waals surface area contributed by atoms with Gasteiger partial charge in [0.15, 0.2) is 0 Å². The summed E-state index contributed by atoms with van der Waals surface area (Å²) in [6, 6.07) is 12.4. The van der Waals surface area contributed by atoms with E-state index in [4.69, 9.17) is 0 Å². The number of piperidine rings is 1. The number of hydrogen-bond acceptors (Lipinski definition) is 3. The molecule has 24 heavy (non-hydrogen) atoms. The quantitative estimate of drug-likeness (QED) is 0.938. The highest BCUT2D eigenvalue weighted by Crippen LogP contribution is 2.31. The summed E-state index contributed by atoms with van der Waals surface area (Å²) < 4.78 is 2.00. The monoisotopic (exact) mass is 324 g/mol. The summed E-state index contributed by atoms with van der Waals surface area (Å²) in [5.41, 5.74) is 0.671. The molecule has 0 bridgehead atoms. The van der Waals surface area contributed by atoms with Gasteiger partial charge in [-0.2, -0.15) is 5.10 Å². The summed E-state index contributed by atoms with van der Waals surface area (Å²) in [6.07, 6.45) is 8.10. The Morgan fingerprint density at radius 1 is 1.00 bits per heavy atom. The lowest BCUT2D eigenvalue weighted by atomic mass is 9.89. The lowest BCUT2D eigenvalue weighted by Gasteiger charge is -2.41. The molecule has 2 aromatic rings. The Bertz CT molecular complexity index is 684. The van der Waals surface area contributed by atoms with Crippen molar-refractivity contribution in [3.05, 3.63) is 48.2 Å². The highest BCUT2D eigenvalue weighted by atomic mass is 16.1. The van der Waals surface area contributed by atoms with Gasteiger partial charge in [-0.15, -0.1) is 0 Å². The van der Waals surface area contributed by atoms with E-state index in [0.717, 1.165) is 37.8 Å². The molecule has 1 N–H and O–H groups in total. The van der Waals surface area contributed by atoms with Gasteiger partial charge in [0.05, 0.1) is 12.2 Å². The molecule has 1 saturated heterocycles. The fourth-order valence-electron chi connectivity index (χ4n) is 3.73. The number of nitrogens with one attached hydrogen (secondary N) is 1. The first-order valence-corrected chi connectivity index (χ1v) is 8.95. The number of carbonyl (C=O) groups excluding carboxylic acids is 1. The topological polar surface area (TPSA) is 50.2 Å². The fourth-order valence-corrected chi connectivity index (χ4v) is 3.73. The van der Waals surface area contributed by atoms with Crippen molar-refractivity contribution in [3.8, 4) is 0 Å². The van der Waals surface area contributed by atoms with Crippen LogP contribution in [0.25, 0.3) is 0 Å². The van der Waals surface area contributed by atoms with E-state index in [9.17, 15) is 4.79 Å². The predicted molar refractivity (Wildman–Crippen MR) is 94.1 cm³/mol. The van der Waals surface area contributed by atoms with Gasteiger partial charge in [0.25, 0.3) is 5.91 Å². The van der Waals surface area contributed by atoms with E-state index in [1.165, 1.54) is 19.3 Å². The van der Waals surface area contributed by atoms with E-state index in [1.54, 1.807) is 6.20 Å². The molecule has 1 aromatic heterocycles. The van der Waals surface area contributed by atoms with Crippen molar-refractivity contribution in [1.29, 1.82) is 0 Å². The van der Waals surface area contributed by atoms with Crippen molar-refractivity contribution in [3.63, 3.8) is 0 Å². The van der Waals surface area contributed by atoms with Crippen LogP contribution in [0.5, 0.6) is 0 Å². The third-order valence-corrected chi connectivity index (χ3v) is 5.38. The van der Waals surface area contributed by atoms with Gasteiger partial charge in [-0.05, 0) is 37.8 Å². The molecule has 0 atom stereocenters. The largest absolute Gasteiger partial charge is 0.307 e. The Hall–Kier alpha value is -2.14. The number of aromatic nitrogens is 2. The normalized spacial score (nSPS) is 19.8. The van der Waals surface area contributed by atoms with Crippen LogP contribution in [0.3, 0.4) is 0 Å². The Morgan fingerprint density at radius 2 is 1.75 bits per heavy atom. The van der Waals surface area contributed by atoms with Crippen molar-refractivity contribution in [1.82, 2.24) is 14.7 Å². The lowest BCUT2D eigenvalue weighted by molar-refractivity contribution is 0.0845.